The average molecular weight is 372 g/mol. The number of rotatable bonds is 8. The molecule has 0 atom stereocenters. The van der Waals surface area contributed by atoms with E-state index in [1.165, 1.54) is 0 Å². The number of carbonyl (C=O) groups excluding carboxylic acids is 1. The van der Waals surface area contributed by atoms with E-state index in [1.54, 1.807) is 37.9 Å². The molecule has 1 aromatic carbocycles. The average Bonchev–Trinajstić information content (AvgIpc) is 3.35. The summed E-state index contributed by atoms with van der Waals surface area (Å²) in [6, 6.07) is 9.50. The molecule has 3 aromatic rings. The molecule has 6 nitrogen and oxygen atoms in total. The summed E-state index contributed by atoms with van der Waals surface area (Å²) < 4.78 is 15.9. The number of hydrogen-bond donors (Lipinski definition) is 1. The van der Waals surface area contributed by atoms with Gasteiger partial charge in [-0.3, -0.25) is 4.79 Å². The molecule has 0 radical (unpaired) electrons. The van der Waals surface area contributed by atoms with Gasteiger partial charge in [-0.2, -0.15) is 0 Å². The van der Waals surface area contributed by atoms with Crippen molar-refractivity contribution in [3.05, 3.63) is 53.2 Å². The van der Waals surface area contributed by atoms with E-state index in [0.29, 0.717) is 42.5 Å². The number of hydrogen-bond acceptors (Lipinski definition) is 6. The van der Waals surface area contributed by atoms with Gasteiger partial charge in [-0.05, 0) is 35.6 Å². The predicted molar refractivity (Wildman–Crippen MR) is 99.5 cm³/mol. The molecule has 1 amide bonds. The van der Waals surface area contributed by atoms with Crippen LogP contribution < -0.4 is 14.8 Å². The predicted octanol–water partition coefficient (Wildman–Crippen LogP) is 3.67. The van der Waals surface area contributed by atoms with Crippen LogP contribution in [0.2, 0.25) is 0 Å². The van der Waals surface area contributed by atoms with Crippen LogP contribution in [0, 0.1) is 0 Å². The Hall–Kier alpha value is -2.80. The number of amides is 1. The molecule has 0 aliphatic carbocycles. The number of thiophene rings is 1. The number of methoxy groups -OCH3 is 2. The lowest BCUT2D eigenvalue weighted by Crippen LogP contribution is -2.23. The van der Waals surface area contributed by atoms with Gasteiger partial charge in [0.15, 0.2) is 0 Å². The van der Waals surface area contributed by atoms with Crippen molar-refractivity contribution in [2.75, 3.05) is 14.2 Å². The number of ether oxygens (including phenoxy) is 2. The maximum Gasteiger partial charge on any atom is 0.236 e. The van der Waals surface area contributed by atoms with Gasteiger partial charge < -0.3 is 19.2 Å². The molecule has 3 rings (SSSR count). The molecule has 2 heterocycles. The highest BCUT2D eigenvalue weighted by molar-refractivity contribution is 7.13. The SMILES string of the molecule is COc1cc(CCC(=O)NCc2coc(-c3cccs3)n2)cc(OC)c1. The van der Waals surface area contributed by atoms with E-state index in [0.717, 1.165) is 10.4 Å². The van der Waals surface area contributed by atoms with E-state index >= 15 is 0 Å². The van der Waals surface area contributed by atoms with Gasteiger partial charge >= 0.3 is 0 Å². The van der Waals surface area contributed by atoms with Crippen LogP contribution in [0.1, 0.15) is 17.7 Å². The molecular weight excluding hydrogens is 352 g/mol. The van der Waals surface area contributed by atoms with E-state index < -0.39 is 0 Å². The maximum absolute atomic E-state index is 12.1. The fraction of sp³-hybridized carbons (Fsp3) is 0.263. The minimum atomic E-state index is -0.0486. The van der Waals surface area contributed by atoms with Crippen LogP contribution in [-0.2, 0) is 17.8 Å². The molecule has 0 saturated heterocycles. The fourth-order valence-electron chi connectivity index (χ4n) is 2.45. The van der Waals surface area contributed by atoms with Gasteiger partial charge in [0.1, 0.15) is 17.8 Å². The molecule has 26 heavy (non-hydrogen) atoms. The molecular formula is C19H20N2O4S. The number of carbonyl (C=O) groups is 1. The lowest BCUT2D eigenvalue weighted by molar-refractivity contribution is -0.121. The van der Waals surface area contributed by atoms with Crippen LogP contribution in [0.4, 0.5) is 0 Å². The molecule has 0 spiro atoms. The summed E-state index contributed by atoms with van der Waals surface area (Å²) in [4.78, 5) is 17.5. The van der Waals surface area contributed by atoms with Crippen molar-refractivity contribution >= 4 is 17.2 Å². The van der Waals surface area contributed by atoms with Gasteiger partial charge in [0.05, 0.1) is 31.3 Å². The summed E-state index contributed by atoms with van der Waals surface area (Å²) >= 11 is 1.56. The zero-order valence-electron chi connectivity index (χ0n) is 14.7. The third kappa shape index (κ3) is 4.64. The number of nitrogens with one attached hydrogen (secondary N) is 1. The van der Waals surface area contributed by atoms with Crippen molar-refractivity contribution in [2.24, 2.45) is 0 Å². The monoisotopic (exact) mass is 372 g/mol. The van der Waals surface area contributed by atoms with E-state index in [2.05, 4.69) is 10.3 Å². The summed E-state index contributed by atoms with van der Waals surface area (Å²) in [5.74, 6) is 1.95. The molecule has 0 aliphatic heterocycles. The Morgan fingerprint density at radius 3 is 2.65 bits per heavy atom. The third-order valence-corrected chi connectivity index (χ3v) is 4.66. The first-order valence-electron chi connectivity index (χ1n) is 8.15. The van der Waals surface area contributed by atoms with Gasteiger partial charge in [0, 0.05) is 12.5 Å². The van der Waals surface area contributed by atoms with Gasteiger partial charge in [-0.15, -0.1) is 11.3 Å². The second-order valence-electron chi connectivity index (χ2n) is 5.62. The smallest absolute Gasteiger partial charge is 0.236 e. The van der Waals surface area contributed by atoms with Crippen molar-refractivity contribution in [3.63, 3.8) is 0 Å². The summed E-state index contributed by atoms with van der Waals surface area (Å²) in [7, 11) is 3.21. The number of nitrogens with zero attached hydrogens (tertiary/aromatic N) is 1. The third-order valence-electron chi connectivity index (χ3n) is 3.80. The van der Waals surface area contributed by atoms with E-state index in [-0.39, 0.29) is 5.91 Å². The molecule has 1 N–H and O–H groups in total. The molecule has 0 fully saturated rings. The lowest BCUT2D eigenvalue weighted by Gasteiger charge is -2.08. The van der Waals surface area contributed by atoms with Crippen LogP contribution in [0.3, 0.4) is 0 Å². The Bertz CT molecular complexity index is 836. The Labute approximate surface area is 155 Å². The summed E-state index contributed by atoms with van der Waals surface area (Å²) in [6.07, 6.45) is 2.53. The minimum Gasteiger partial charge on any atom is -0.497 e. The minimum absolute atomic E-state index is 0.0486. The van der Waals surface area contributed by atoms with Crippen LogP contribution in [-0.4, -0.2) is 25.1 Å². The van der Waals surface area contributed by atoms with Gasteiger partial charge in [0.2, 0.25) is 11.8 Å². The topological polar surface area (TPSA) is 73.6 Å². The molecule has 136 valence electrons. The first-order chi connectivity index (χ1) is 12.7. The van der Waals surface area contributed by atoms with Gasteiger partial charge in [-0.1, -0.05) is 6.07 Å². The summed E-state index contributed by atoms with van der Waals surface area (Å²) in [5.41, 5.74) is 1.68. The molecule has 7 heteroatoms. The van der Waals surface area contributed by atoms with Gasteiger partial charge in [0.25, 0.3) is 0 Å². The number of oxazole rings is 1. The van der Waals surface area contributed by atoms with Crippen molar-refractivity contribution < 1.29 is 18.7 Å². The molecule has 0 unspecified atom stereocenters. The zero-order valence-corrected chi connectivity index (χ0v) is 15.5. The highest BCUT2D eigenvalue weighted by Crippen LogP contribution is 2.24. The highest BCUT2D eigenvalue weighted by Gasteiger charge is 2.09. The Balaban J connectivity index is 1.50. The van der Waals surface area contributed by atoms with Crippen molar-refractivity contribution in [2.45, 2.75) is 19.4 Å². The summed E-state index contributed by atoms with van der Waals surface area (Å²) in [5, 5.41) is 4.83. The number of benzene rings is 1. The lowest BCUT2D eigenvalue weighted by atomic mass is 10.1. The molecule has 0 bridgehead atoms. The van der Waals surface area contributed by atoms with Crippen LogP contribution in [0.5, 0.6) is 11.5 Å². The standard InChI is InChI=1S/C19H20N2O4S/c1-23-15-8-13(9-16(10-15)24-2)5-6-18(22)20-11-14-12-25-19(21-14)17-4-3-7-26-17/h3-4,7-10,12H,5-6,11H2,1-2H3,(H,20,22). The second-order valence-corrected chi connectivity index (χ2v) is 6.57. The fourth-order valence-corrected chi connectivity index (χ4v) is 3.10. The van der Waals surface area contributed by atoms with Gasteiger partial charge in [-0.25, -0.2) is 4.98 Å². The number of aromatic nitrogens is 1. The normalized spacial score (nSPS) is 10.5. The van der Waals surface area contributed by atoms with Crippen LogP contribution in [0.15, 0.2) is 46.4 Å². The first-order valence-corrected chi connectivity index (χ1v) is 9.03. The molecule has 2 aromatic heterocycles. The largest absolute Gasteiger partial charge is 0.497 e. The van der Waals surface area contributed by atoms with Crippen LogP contribution >= 0.6 is 11.3 Å². The molecule has 0 aliphatic rings. The van der Waals surface area contributed by atoms with Crippen molar-refractivity contribution in [3.8, 4) is 22.3 Å². The second kappa shape index (κ2) is 8.53. The van der Waals surface area contributed by atoms with Crippen molar-refractivity contribution in [1.82, 2.24) is 10.3 Å². The van der Waals surface area contributed by atoms with E-state index in [9.17, 15) is 4.79 Å². The Kier molecular flexibility index (Phi) is 5.91. The maximum atomic E-state index is 12.1. The van der Waals surface area contributed by atoms with Crippen LogP contribution in [0.25, 0.3) is 10.8 Å². The van der Waals surface area contributed by atoms with Crippen molar-refractivity contribution in [1.29, 1.82) is 0 Å². The van der Waals surface area contributed by atoms with E-state index in [1.807, 2.05) is 29.6 Å². The first kappa shape index (κ1) is 18.0. The molecule has 0 saturated carbocycles. The summed E-state index contributed by atoms with van der Waals surface area (Å²) in [6.45, 7) is 0.342. The number of aryl methyl sites for hydroxylation is 1. The quantitative estimate of drug-likeness (QED) is 0.653. The van der Waals surface area contributed by atoms with E-state index in [4.69, 9.17) is 13.9 Å². The Morgan fingerprint density at radius 1 is 1.23 bits per heavy atom. The zero-order chi connectivity index (χ0) is 18.4. The Morgan fingerprint density at radius 2 is 2.00 bits per heavy atom. The highest BCUT2D eigenvalue weighted by atomic mass is 32.1.